The second kappa shape index (κ2) is 4.89. The molecule has 120 valence electrons. The van der Waals surface area contributed by atoms with Gasteiger partial charge in [-0.05, 0) is 73.3 Å². The summed E-state index contributed by atoms with van der Waals surface area (Å²) in [6.45, 7) is 1.83. The molecule has 0 heterocycles. The van der Waals surface area contributed by atoms with Gasteiger partial charge in [0.2, 0.25) is 0 Å². The van der Waals surface area contributed by atoms with E-state index in [1.165, 1.54) is 7.11 Å². The molecule has 0 aromatic heterocycles. The standard InChI is InChI=1S/C19H26O3/c1-19-10-9-12-11-5-7-16(20)18(22-2)14(11)4-3-13(12)15(19)6-8-17(19)21/h5,7,12-13,15,17,20-21H,3-4,6,8-10H2,1-2H3/t12-,13-,15+,17+,19+/m1/s1/i5D,7D,8D2,17D. The predicted octanol–water partition coefficient (Wildman–Crippen LogP) is 3.62. The van der Waals surface area contributed by atoms with E-state index in [9.17, 15) is 10.2 Å². The van der Waals surface area contributed by atoms with Crippen molar-refractivity contribution in [3.63, 3.8) is 0 Å². The number of methoxy groups -OCH3 is 1. The SMILES string of the molecule is [2H]c1c([2H])c2c(c(OC)c1O)CC[C@@H]1[C@@H]2CC[C@@]2(C)[C@H]1CC([2H])([2H])[C@]2([2H])O. The van der Waals surface area contributed by atoms with Gasteiger partial charge in [0.15, 0.2) is 11.5 Å². The molecule has 5 atom stereocenters. The van der Waals surface area contributed by atoms with Gasteiger partial charge in [0.1, 0.15) is 0 Å². The van der Waals surface area contributed by atoms with Crippen LogP contribution in [0.25, 0.3) is 0 Å². The minimum Gasteiger partial charge on any atom is -0.504 e. The molecule has 2 fully saturated rings. The molecule has 1 aromatic carbocycles. The van der Waals surface area contributed by atoms with Crippen LogP contribution in [0.4, 0.5) is 0 Å². The fraction of sp³-hybridized carbons (Fsp3) is 0.684. The Morgan fingerprint density at radius 2 is 2.23 bits per heavy atom. The Balaban J connectivity index is 1.83. The summed E-state index contributed by atoms with van der Waals surface area (Å²) in [5.41, 5.74) is 0.680. The summed E-state index contributed by atoms with van der Waals surface area (Å²) in [6, 6.07) is -0.220. The molecular formula is C19H26O3. The van der Waals surface area contributed by atoms with Crippen LogP contribution in [0, 0.1) is 17.3 Å². The molecule has 3 heteroatoms. The Labute approximate surface area is 139 Å². The zero-order chi connectivity index (χ0) is 19.9. The van der Waals surface area contributed by atoms with Gasteiger partial charge in [-0.25, -0.2) is 0 Å². The molecular weight excluding hydrogens is 276 g/mol. The lowest BCUT2D eigenvalue weighted by Crippen LogP contribution is -2.43. The van der Waals surface area contributed by atoms with Gasteiger partial charge in [0.05, 0.1) is 17.3 Å². The van der Waals surface area contributed by atoms with Crippen LogP contribution in [0.15, 0.2) is 12.1 Å². The molecule has 0 saturated heterocycles. The van der Waals surface area contributed by atoms with Crippen LogP contribution < -0.4 is 4.74 Å². The zero-order valence-electron chi connectivity index (χ0n) is 18.1. The van der Waals surface area contributed by atoms with Crippen LogP contribution in [0.1, 0.15) is 62.9 Å². The summed E-state index contributed by atoms with van der Waals surface area (Å²) < 4.78 is 46.8. The lowest BCUT2D eigenvalue weighted by Gasteiger charge is -2.50. The highest BCUT2D eigenvalue weighted by Crippen LogP contribution is 2.61. The number of phenolic OH excluding ortho intramolecular Hbond substituents is 1. The van der Waals surface area contributed by atoms with E-state index in [0.717, 1.165) is 17.5 Å². The molecule has 4 rings (SSSR count). The first-order chi connectivity index (χ1) is 12.5. The van der Waals surface area contributed by atoms with Crippen molar-refractivity contribution in [3.8, 4) is 11.5 Å². The largest absolute Gasteiger partial charge is 0.504 e. The number of aliphatic hydroxyl groups is 1. The van der Waals surface area contributed by atoms with E-state index >= 15 is 0 Å². The average Bonchev–Trinajstić information content (AvgIpc) is 2.75. The Bertz CT molecular complexity index is 809. The number of benzene rings is 1. The Hall–Kier alpha value is -1.22. The van der Waals surface area contributed by atoms with Crippen LogP contribution in [0.3, 0.4) is 0 Å². The fourth-order valence-corrected chi connectivity index (χ4v) is 5.07. The molecule has 0 aliphatic heterocycles. The molecule has 3 aliphatic rings. The van der Waals surface area contributed by atoms with Crippen LogP contribution >= 0.6 is 0 Å². The summed E-state index contributed by atoms with van der Waals surface area (Å²) in [4.78, 5) is 0. The molecule has 1 aromatic rings. The Morgan fingerprint density at radius 1 is 1.41 bits per heavy atom. The van der Waals surface area contributed by atoms with E-state index in [0.29, 0.717) is 19.3 Å². The summed E-state index contributed by atoms with van der Waals surface area (Å²) in [6.07, 6.45) is -1.54. The fourth-order valence-electron chi connectivity index (χ4n) is 5.07. The highest BCUT2D eigenvalue weighted by molar-refractivity contribution is 5.52. The number of hydrogen-bond acceptors (Lipinski definition) is 3. The lowest BCUT2D eigenvalue weighted by atomic mass is 9.55. The number of ether oxygens (including phenoxy) is 1. The first-order valence-corrected chi connectivity index (χ1v) is 8.09. The van der Waals surface area contributed by atoms with Crippen molar-refractivity contribution in [1.29, 1.82) is 0 Å². The number of rotatable bonds is 1. The van der Waals surface area contributed by atoms with E-state index in [-0.39, 0.29) is 47.8 Å². The number of aromatic hydroxyl groups is 1. The maximum atomic E-state index is 10.8. The molecule has 0 amide bonds. The molecule has 0 unspecified atom stereocenters. The molecule has 2 saturated carbocycles. The lowest BCUT2D eigenvalue weighted by molar-refractivity contribution is -0.0227. The van der Waals surface area contributed by atoms with Crippen molar-refractivity contribution < 1.29 is 21.8 Å². The summed E-state index contributed by atoms with van der Waals surface area (Å²) in [5.74, 6) is -0.170. The molecule has 0 radical (unpaired) electrons. The topological polar surface area (TPSA) is 49.7 Å². The first kappa shape index (κ1) is 9.82. The zero-order valence-corrected chi connectivity index (χ0v) is 13.1. The minimum atomic E-state index is -2.13. The van der Waals surface area contributed by atoms with E-state index < -0.39 is 17.9 Å². The normalized spacial score (nSPS) is 48.7. The van der Waals surface area contributed by atoms with E-state index in [1.54, 1.807) is 0 Å². The summed E-state index contributed by atoms with van der Waals surface area (Å²) in [5, 5.41) is 21.0. The molecule has 3 nitrogen and oxygen atoms in total. The van der Waals surface area contributed by atoms with Gasteiger partial charge in [0.25, 0.3) is 0 Å². The maximum absolute atomic E-state index is 10.8. The Kier molecular flexibility index (Phi) is 2.18. The quantitative estimate of drug-likeness (QED) is 0.833. The molecule has 2 N–H and O–H groups in total. The predicted molar refractivity (Wildman–Crippen MR) is 85.3 cm³/mol. The summed E-state index contributed by atoms with van der Waals surface area (Å²) >= 11 is 0. The molecule has 3 aliphatic carbocycles. The smallest absolute Gasteiger partial charge is 0.163 e. The van der Waals surface area contributed by atoms with E-state index in [1.807, 2.05) is 6.92 Å². The third-order valence-electron chi connectivity index (χ3n) is 6.29. The van der Waals surface area contributed by atoms with Gasteiger partial charge in [-0.2, -0.15) is 0 Å². The Morgan fingerprint density at radius 3 is 3.00 bits per heavy atom. The van der Waals surface area contributed by atoms with Crippen molar-refractivity contribution in [3.05, 3.63) is 23.2 Å². The second-order valence-corrected chi connectivity index (χ2v) is 7.13. The van der Waals surface area contributed by atoms with Gasteiger partial charge in [-0.1, -0.05) is 13.0 Å². The van der Waals surface area contributed by atoms with E-state index in [2.05, 4.69) is 0 Å². The second-order valence-electron chi connectivity index (χ2n) is 7.13. The monoisotopic (exact) mass is 307 g/mol. The van der Waals surface area contributed by atoms with Crippen LogP contribution in [0.5, 0.6) is 11.5 Å². The molecule has 22 heavy (non-hydrogen) atoms. The molecule has 0 spiro atoms. The highest BCUT2D eigenvalue weighted by atomic mass is 16.5. The highest BCUT2D eigenvalue weighted by Gasteiger charge is 2.54. The number of phenols is 1. The van der Waals surface area contributed by atoms with Crippen LogP contribution in [-0.2, 0) is 6.42 Å². The third kappa shape index (κ3) is 1.78. The van der Waals surface area contributed by atoms with Crippen molar-refractivity contribution in [2.45, 2.75) is 57.4 Å². The van der Waals surface area contributed by atoms with E-state index in [4.69, 9.17) is 11.6 Å². The number of fused-ring (bicyclic) bond motifs is 5. The van der Waals surface area contributed by atoms with Crippen molar-refractivity contribution >= 4 is 0 Å². The maximum Gasteiger partial charge on any atom is 0.163 e. The van der Waals surface area contributed by atoms with Crippen LogP contribution in [-0.4, -0.2) is 23.4 Å². The van der Waals surface area contributed by atoms with Crippen molar-refractivity contribution in [2.24, 2.45) is 17.3 Å². The van der Waals surface area contributed by atoms with Gasteiger partial charge in [-0.15, -0.1) is 0 Å². The van der Waals surface area contributed by atoms with Crippen LogP contribution in [0.2, 0.25) is 0 Å². The van der Waals surface area contributed by atoms with Gasteiger partial charge < -0.3 is 14.9 Å². The third-order valence-corrected chi connectivity index (χ3v) is 6.29. The average molecular weight is 307 g/mol. The van der Waals surface area contributed by atoms with Gasteiger partial charge >= 0.3 is 0 Å². The van der Waals surface area contributed by atoms with Gasteiger partial charge in [0, 0.05) is 8.30 Å². The minimum absolute atomic E-state index is 0.0174. The summed E-state index contributed by atoms with van der Waals surface area (Å²) in [7, 11) is 1.45. The first-order valence-electron chi connectivity index (χ1n) is 10.6. The van der Waals surface area contributed by atoms with Gasteiger partial charge in [-0.3, -0.25) is 0 Å². The number of hydrogen-bond donors (Lipinski definition) is 2. The molecule has 0 bridgehead atoms. The van der Waals surface area contributed by atoms with Crippen molar-refractivity contribution in [1.82, 2.24) is 0 Å². The van der Waals surface area contributed by atoms with Crippen molar-refractivity contribution in [2.75, 3.05) is 7.11 Å².